The van der Waals surface area contributed by atoms with Crippen molar-refractivity contribution in [2.75, 3.05) is 42.1 Å². The number of aromatic nitrogens is 2. The molecule has 1 fully saturated rings. The smallest absolute Gasteiger partial charge is 0.223 e. The van der Waals surface area contributed by atoms with E-state index in [-0.39, 0.29) is 0 Å². The van der Waals surface area contributed by atoms with Crippen molar-refractivity contribution in [3.63, 3.8) is 0 Å². The van der Waals surface area contributed by atoms with Gasteiger partial charge in [0.05, 0.1) is 0 Å². The van der Waals surface area contributed by atoms with Crippen molar-refractivity contribution in [2.45, 2.75) is 40.2 Å². The Morgan fingerprint density at radius 1 is 1.43 bits per heavy atom. The van der Waals surface area contributed by atoms with Crippen LogP contribution in [0.4, 0.5) is 17.6 Å². The standard InChI is InChI=1S/C15H28N6/c1-11-10-21(8-7-17-11)13-9-12(19-14(16)20-13)18-6-5-15(2,3)4/h9,11,17H,5-8,10H2,1-4H3,(H3,16,18,19,20)/t11-/m1/s1. The molecule has 4 N–H and O–H groups in total. The Hall–Kier alpha value is -1.56. The molecular formula is C15H28N6. The van der Waals surface area contributed by atoms with Crippen molar-refractivity contribution >= 4 is 17.6 Å². The lowest BCUT2D eigenvalue weighted by Crippen LogP contribution is -2.49. The summed E-state index contributed by atoms with van der Waals surface area (Å²) in [5, 5.41) is 6.79. The Kier molecular flexibility index (Phi) is 4.88. The Morgan fingerprint density at radius 3 is 2.86 bits per heavy atom. The Morgan fingerprint density at radius 2 is 2.19 bits per heavy atom. The zero-order valence-electron chi connectivity index (χ0n) is 13.6. The molecule has 1 aliphatic rings. The molecule has 1 aromatic heterocycles. The molecule has 0 bridgehead atoms. The van der Waals surface area contributed by atoms with E-state index in [1.165, 1.54) is 0 Å². The molecule has 0 saturated carbocycles. The summed E-state index contributed by atoms with van der Waals surface area (Å²) in [6, 6.07) is 2.46. The molecule has 6 heteroatoms. The van der Waals surface area contributed by atoms with Crippen LogP contribution in [0.15, 0.2) is 6.07 Å². The summed E-state index contributed by atoms with van der Waals surface area (Å²) in [6.45, 7) is 12.6. The van der Waals surface area contributed by atoms with Gasteiger partial charge in [-0.15, -0.1) is 0 Å². The second-order valence-electron chi connectivity index (χ2n) is 7.01. The van der Waals surface area contributed by atoms with Gasteiger partial charge < -0.3 is 21.3 Å². The maximum absolute atomic E-state index is 5.85. The number of rotatable bonds is 4. The maximum Gasteiger partial charge on any atom is 0.223 e. The van der Waals surface area contributed by atoms with E-state index < -0.39 is 0 Å². The van der Waals surface area contributed by atoms with Gasteiger partial charge in [-0.1, -0.05) is 20.8 Å². The Balaban J connectivity index is 2.03. The van der Waals surface area contributed by atoms with Crippen LogP contribution >= 0.6 is 0 Å². The van der Waals surface area contributed by atoms with Gasteiger partial charge in [-0.2, -0.15) is 9.97 Å². The number of hydrogen-bond donors (Lipinski definition) is 3. The number of nitrogens with two attached hydrogens (primary N) is 1. The molecule has 2 heterocycles. The van der Waals surface area contributed by atoms with Crippen LogP contribution in [0.2, 0.25) is 0 Å². The Bertz CT molecular complexity index is 468. The SMILES string of the molecule is C[C@@H]1CN(c2cc(NCCC(C)(C)C)nc(N)n2)CCN1. The molecule has 6 nitrogen and oxygen atoms in total. The molecule has 21 heavy (non-hydrogen) atoms. The molecule has 118 valence electrons. The van der Waals surface area contributed by atoms with E-state index in [0.717, 1.165) is 44.2 Å². The number of nitrogen functional groups attached to an aromatic ring is 1. The van der Waals surface area contributed by atoms with Gasteiger partial charge in [0.25, 0.3) is 0 Å². The highest BCUT2D eigenvalue weighted by Gasteiger charge is 2.18. The molecule has 1 aliphatic heterocycles. The minimum absolute atomic E-state index is 0.308. The fourth-order valence-corrected chi connectivity index (χ4v) is 2.41. The van der Waals surface area contributed by atoms with Gasteiger partial charge >= 0.3 is 0 Å². The summed E-state index contributed by atoms with van der Waals surface area (Å²) in [4.78, 5) is 10.9. The van der Waals surface area contributed by atoms with Crippen molar-refractivity contribution in [1.29, 1.82) is 0 Å². The first-order valence-corrected chi connectivity index (χ1v) is 7.70. The third-order valence-electron chi connectivity index (χ3n) is 3.60. The molecule has 0 radical (unpaired) electrons. The zero-order valence-corrected chi connectivity index (χ0v) is 13.6. The van der Waals surface area contributed by atoms with E-state index in [0.29, 0.717) is 17.4 Å². The molecule has 0 spiro atoms. The highest BCUT2D eigenvalue weighted by atomic mass is 15.3. The van der Waals surface area contributed by atoms with Crippen LogP contribution in [0.1, 0.15) is 34.1 Å². The minimum atomic E-state index is 0.308. The number of anilines is 3. The minimum Gasteiger partial charge on any atom is -0.370 e. The molecule has 0 unspecified atom stereocenters. The van der Waals surface area contributed by atoms with Gasteiger partial charge in [0, 0.05) is 38.3 Å². The first-order chi connectivity index (χ1) is 9.83. The number of hydrogen-bond acceptors (Lipinski definition) is 6. The van der Waals surface area contributed by atoms with E-state index in [9.17, 15) is 0 Å². The summed E-state index contributed by atoms with van der Waals surface area (Å²) < 4.78 is 0. The van der Waals surface area contributed by atoms with Gasteiger partial charge in [-0.05, 0) is 18.8 Å². The van der Waals surface area contributed by atoms with E-state index in [2.05, 4.69) is 53.2 Å². The largest absolute Gasteiger partial charge is 0.370 e. The lowest BCUT2D eigenvalue weighted by Gasteiger charge is -2.32. The van der Waals surface area contributed by atoms with Crippen LogP contribution in [0.3, 0.4) is 0 Å². The van der Waals surface area contributed by atoms with Gasteiger partial charge in [0.15, 0.2) is 0 Å². The first-order valence-electron chi connectivity index (χ1n) is 7.70. The maximum atomic E-state index is 5.85. The van der Waals surface area contributed by atoms with Crippen LogP contribution in [0, 0.1) is 5.41 Å². The average molecular weight is 292 g/mol. The van der Waals surface area contributed by atoms with Crippen molar-refractivity contribution in [1.82, 2.24) is 15.3 Å². The highest BCUT2D eigenvalue weighted by molar-refractivity contribution is 5.53. The van der Waals surface area contributed by atoms with Gasteiger partial charge in [-0.3, -0.25) is 0 Å². The molecule has 1 saturated heterocycles. The zero-order chi connectivity index (χ0) is 15.5. The van der Waals surface area contributed by atoms with Gasteiger partial charge in [0.2, 0.25) is 5.95 Å². The molecule has 0 aliphatic carbocycles. The summed E-state index contributed by atoms with van der Waals surface area (Å²) in [5.41, 5.74) is 6.16. The molecule has 1 aromatic rings. The fraction of sp³-hybridized carbons (Fsp3) is 0.733. The summed E-state index contributed by atoms with van der Waals surface area (Å²) in [5.74, 6) is 2.05. The lowest BCUT2D eigenvalue weighted by atomic mass is 9.92. The normalized spacial score (nSPS) is 19.6. The molecule has 0 aromatic carbocycles. The summed E-state index contributed by atoms with van der Waals surface area (Å²) >= 11 is 0. The third kappa shape index (κ3) is 5.04. The number of piperazine rings is 1. The van der Waals surface area contributed by atoms with Crippen LogP contribution in [-0.2, 0) is 0 Å². The van der Waals surface area contributed by atoms with Crippen LogP contribution in [0.5, 0.6) is 0 Å². The number of nitrogens with zero attached hydrogens (tertiary/aromatic N) is 3. The Labute approximate surface area is 127 Å². The topological polar surface area (TPSA) is 79.1 Å². The quantitative estimate of drug-likeness (QED) is 0.784. The van der Waals surface area contributed by atoms with Crippen LogP contribution < -0.4 is 21.3 Å². The molecule has 2 rings (SSSR count). The summed E-state index contributed by atoms with van der Waals surface area (Å²) in [6.07, 6.45) is 1.08. The highest BCUT2D eigenvalue weighted by Crippen LogP contribution is 2.21. The van der Waals surface area contributed by atoms with Gasteiger partial charge in [-0.25, -0.2) is 0 Å². The van der Waals surface area contributed by atoms with Crippen molar-refractivity contribution in [3.8, 4) is 0 Å². The van der Waals surface area contributed by atoms with Crippen molar-refractivity contribution < 1.29 is 0 Å². The van der Waals surface area contributed by atoms with E-state index in [1.54, 1.807) is 0 Å². The fourth-order valence-electron chi connectivity index (χ4n) is 2.41. The monoisotopic (exact) mass is 292 g/mol. The molecule has 0 amide bonds. The van der Waals surface area contributed by atoms with E-state index in [1.807, 2.05) is 6.07 Å². The van der Waals surface area contributed by atoms with Crippen LogP contribution in [0.25, 0.3) is 0 Å². The third-order valence-corrected chi connectivity index (χ3v) is 3.60. The molecular weight excluding hydrogens is 264 g/mol. The summed E-state index contributed by atoms with van der Waals surface area (Å²) in [7, 11) is 0. The predicted octanol–water partition coefficient (Wildman–Crippen LogP) is 1.70. The average Bonchev–Trinajstić information content (AvgIpc) is 2.36. The van der Waals surface area contributed by atoms with Crippen molar-refractivity contribution in [3.05, 3.63) is 6.07 Å². The lowest BCUT2D eigenvalue weighted by molar-refractivity contribution is 0.389. The number of nitrogens with one attached hydrogen (secondary N) is 2. The predicted molar refractivity (Wildman–Crippen MR) is 88.7 cm³/mol. The van der Waals surface area contributed by atoms with Gasteiger partial charge in [0.1, 0.15) is 11.6 Å². The van der Waals surface area contributed by atoms with Crippen molar-refractivity contribution in [2.24, 2.45) is 5.41 Å². The van der Waals surface area contributed by atoms with E-state index in [4.69, 9.17) is 5.73 Å². The van der Waals surface area contributed by atoms with Crippen LogP contribution in [-0.4, -0.2) is 42.2 Å². The second-order valence-corrected chi connectivity index (χ2v) is 7.01. The first kappa shape index (κ1) is 15.8. The van der Waals surface area contributed by atoms with E-state index >= 15 is 0 Å². The molecule has 1 atom stereocenters. The second kappa shape index (κ2) is 6.47.